The summed E-state index contributed by atoms with van der Waals surface area (Å²) in [6.07, 6.45) is 0. The summed E-state index contributed by atoms with van der Waals surface area (Å²) < 4.78 is 0. The maximum atomic E-state index is 12.2. The molecule has 4 nitrogen and oxygen atoms in total. The van der Waals surface area contributed by atoms with E-state index in [1.165, 1.54) is 11.8 Å². The Morgan fingerprint density at radius 2 is 1.73 bits per heavy atom. The van der Waals surface area contributed by atoms with Gasteiger partial charge in [-0.3, -0.25) is 4.79 Å². The van der Waals surface area contributed by atoms with Crippen molar-refractivity contribution in [1.82, 2.24) is 0 Å². The minimum absolute atomic E-state index is 0.146. The van der Waals surface area contributed by atoms with E-state index in [4.69, 9.17) is 11.6 Å². The number of anilines is 1. The van der Waals surface area contributed by atoms with Crippen LogP contribution >= 0.6 is 22.9 Å². The Hall–Kier alpha value is -2.63. The first-order chi connectivity index (χ1) is 12.5. The van der Waals surface area contributed by atoms with Gasteiger partial charge in [0, 0.05) is 16.8 Å². The summed E-state index contributed by atoms with van der Waals surface area (Å²) in [6.45, 7) is 1.71. The smallest absolute Gasteiger partial charge is 0.348 e. The van der Waals surface area contributed by atoms with Crippen LogP contribution in [-0.4, -0.2) is 17.0 Å². The lowest BCUT2D eigenvalue weighted by molar-refractivity contribution is -0.116. The minimum atomic E-state index is -1.05. The molecule has 1 heterocycles. The number of amides is 1. The molecular weight excluding hydrogens is 370 g/mol. The second kappa shape index (κ2) is 7.72. The number of thiophene rings is 1. The molecule has 3 aromatic rings. The van der Waals surface area contributed by atoms with Gasteiger partial charge in [0.15, 0.2) is 0 Å². The molecule has 0 bridgehead atoms. The van der Waals surface area contributed by atoms with Crippen LogP contribution in [0, 0.1) is 0 Å². The summed E-state index contributed by atoms with van der Waals surface area (Å²) in [5.41, 5.74) is 2.19. The first-order valence-corrected chi connectivity index (χ1v) is 9.10. The van der Waals surface area contributed by atoms with Crippen molar-refractivity contribution in [3.05, 3.63) is 76.1 Å². The normalized spacial score (nSPS) is 10.5. The van der Waals surface area contributed by atoms with Gasteiger partial charge in [-0.2, -0.15) is 0 Å². The number of rotatable bonds is 5. The van der Waals surface area contributed by atoms with Gasteiger partial charge in [-0.1, -0.05) is 54.1 Å². The molecule has 0 fully saturated rings. The van der Waals surface area contributed by atoms with E-state index in [1.54, 1.807) is 18.2 Å². The number of carbonyl (C=O) groups excluding carboxylic acids is 1. The van der Waals surface area contributed by atoms with Crippen LogP contribution < -0.4 is 4.90 Å². The van der Waals surface area contributed by atoms with E-state index in [2.05, 4.69) is 0 Å². The van der Waals surface area contributed by atoms with Crippen LogP contribution in [0.5, 0.6) is 0 Å². The zero-order valence-electron chi connectivity index (χ0n) is 14.0. The molecule has 0 saturated heterocycles. The summed E-state index contributed by atoms with van der Waals surface area (Å²) in [6, 6.07) is 18.4. The first-order valence-electron chi connectivity index (χ1n) is 7.91. The van der Waals surface area contributed by atoms with Gasteiger partial charge in [0.1, 0.15) is 4.88 Å². The molecule has 0 atom stereocenters. The van der Waals surface area contributed by atoms with E-state index in [0.717, 1.165) is 27.3 Å². The monoisotopic (exact) mass is 385 g/mol. The van der Waals surface area contributed by atoms with Gasteiger partial charge in [0.25, 0.3) is 0 Å². The molecule has 1 N–H and O–H groups in total. The number of carbonyl (C=O) groups is 2. The van der Waals surface area contributed by atoms with Crippen molar-refractivity contribution in [3.8, 4) is 10.4 Å². The van der Waals surface area contributed by atoms with Crippen LogP contribution in [0.25, 0.3) is 10.4 Å². The third-order valence-electron chi connectivity index (χ3n) is 3.89. The molecule has 6 heteroatoms. The maximum Gasteiger partial charge on any atom is 0.348 e. The molecule has 0 unspecified atom stereocenters. The molecular formula is C20H16ClNO3S. The quantitative estimate of drug-likeness (QED) is 0.646. The largest absolute Gasteiger partial charge is 0.477 e. The summed E-state index contributed by atoms with van der Waals surface area (Å²) in [5.74, 6) is -1.27. The zero-order valence-corrected chi connectivity index (χ0v) is 15.6. The molecule has 0 spiro atoms. The number of halogens is 1. The van der Waals surface area contributed by atoms with Crippen molar-refractivity contribution in [3.63, 3.8) is 0 Å². The van der Waals surface area contributed by atoms with Crippen molar-refractivity contribution in [2.45, 2.75) is 13.5 Å². The Morgan fingerprint density at radius 3 is 2.31 bits per heavy atom. The van der Waals surface area contributed by atoms with Crippen LogP contribution in [0.2, 0.25) is 5.02 Å². The third kappa shape index (κ3) is 3.95. The Kier molecular flexibility index (Phi) is 5.40. The lowest BCUT2D eigenvalue weighted by Gasteiger charge is -2.21. The number of nitrogens with zero attached hydrogens (tertiary/aromatic N) is 1. The highest BCUT2D eigenvalue weighted by molar-refractivity contribution is 7.18. The number of aromatic carboxylic acids is 1. The van der Waals surface area contributed by atoms with Crippen molar-refractivity contribution < 1.29 is 14.7 Å². The van der Waals surface area contributed by atoms with E-state index < -0.39 is 5.97 Å². The van der Waals surface area contributed by atoms with Gasteiger partial charge in [-0.15, -0.1) is 11.3 Å². The van der Waals surface area contributed by atoms with Crippen molar-refractivity contribution in [2.24, 2.45) is 0 Å². The van der Waals surface area contributed by atoms with E-state index in [1.807, 2.05) is 42.5 Å². The Morgan fingerprint density at radius 1 is 1.08 bits per heavy atom. The fourth-order valence-corrected chi connectivity index (χ4v) is 3.75. The van der Waals surface area contributed by atoms with E-state index in [9.17, 15) is 14.7 Å². The average molecular weight is 386 g/mol. The number of hydrogen-bond acceptors (Lipinski definition) is 3. The third-order valence-corrected chi connectivity index (χ3v) is 5.30. The molecule has 0 aliphatic heterocycles. The molecule has 26 heavy (non-hydrogen) atoms. The summed E-state index contributed by atoms with van der Waals surface area (Å²) in [4.78, 5) is 26.4. The Bertz CT molecular complexity index is 935. The van der Waals surface area contributed by atoms with Crippen molar-refractivity contribution in [1.29, 1.82) is 0 Å². The van der Waals surface area contributed by atoms with Crippen LogP contribution in [-0.2, 0) is 11.3 Å². The molecule has 0 radical (unpaired) electrons. The highest BCUT2D eigenvalue weighted by atomic mass is 35.5. The number of carboxylic acid groups (broad SMARTS) is 1. The second-order valence-electron chi connectivity index (χ2n) is 5.73. The molecule has 3 rings (SSSR count). The van der Waals surface area contributed by atoms with Gasteiger partial charge >= 0.3 is 5.97 Å². The predicted molar refractivity (Wildman–Crippen MR) is 105 cm³/mol. The highest BCUT2D eigenvalue weighted by Crippen LogP contribution is 2.37. The topological polar surface area (TPSA) is 57.6 Å². The van der Waals surface area contributed by atoms with Crippen molar-refractivity contribution >= 4 is 40.5 Å². The number of carboxylic acids is 1. The van der Waals surface area contributed by atoms with Crippen LogP contribution in [0.3, 0.4) is 0 Å². The maximum absolute atomic E-state index is 12.2. The standard InChI is InChI=1S/C20H16ClNO3S/c1-13(23)22(12-14-7-9-16(21)10-8-14)17-11-18(26-19(17)20(24)25)15-5-3-2-4-6-15/h2-11H,12H2,1H3,(H,24,25). The van der Waals surface area contributed by atoms with Gasteiger partial charge in [-0.05, 0) is 29.3 Å². The number of benzene rings is 2. The summed E-state index contributed by atoms with van der Waals surface area (Å²) >= 11 is 7.07. The SMILES string of the molecule is CC(=O)N(Cc1ccc(Cl)cc1)c1cc(-c2ccccc2)sc1C(=O)O. The fourth-order valence-electron chi connectivity index (χ4n) is 2.62. The molecule has 2 aromatic carbocycles. The average Bonchev–Trinajstić information content (AvgIpc) is 3.07. The summed E-state index contributed by atoms with van der Waals surface area (Å²) in [7, 11) is 0. The van der Waals surface area contributed by atoms with Crippen LogP contribution in [0.15, 0.2) is 60.7 Å². The van der Waals surface area contributed by atoms with Gasteiger partial charge in [0.2, 0.25) is 5.91 Å². The zero-order chi connectivity index (χ0) is 18.7. The molecule has 1 aromatic heterocycles. The summed E-state index contributed by atoms with van der Waals surface area (Å²) in [5, 5.41) is 10.2. The molecule has 0 aliphatic rings. The van der Waals surface area contributed by atoms with Crippen LogP contribution in [0.1, 0.15) is 22.2 Å². The highest BCUT2D eigenvalue weighted by Gasteiger charge is 2.23. The van der Waals surface area contributed by atoms with E-state index >= 15 is 0 Å². The lowest BCUT2D eigenvalue weighted by atomic mass is 10.1. The van der Waals surface area contributed by atoms with Crippen molar-refractivity contribution in [2.75, 3.05) is 4.90 Å². The second-order valence-corrected chi connectivity index (χ2v) is 7.22. The van der Waals surface area contributed by atoms with Gasteiger partial charge in [-0.25, -0.2) is 4.79 Å². The predicted octanol–water partition coefficient (Wildman–Crippen LogP) is 5.32. The molecule has 0 saturated carbocycles. The Labute approximate surface area is 160 Å². The van der Waals surface area contributed by atoms with E-state index in [-0.39, 0.29) is 17.3 Å². The molecule has 0 aliphatic carbocycles. The lowest BCUT2D eigenvalue weighted by Crippen LogP contribution is -2.28. The molecule has 132 valence electrons. The minimum Gasteiger partial charge on any atom is -0.477 e. The fraction of sp³-hybridized carbons (Fsp3) is 0.100. The first kappa shape index (κ1) is 18.2. The van der Waals surface area contributed by atoms with Crippen LogP contribution in [0.4, 0.5) is 5.69 Å². The Balaban J connectivity index is 2.03. The van der Waals surface area contributed by atoms with Gasteiger partial charge < -0.3 is 10.0 Å². The van der Waals surface area contributed by atoms with Gasteiger partial charge in [0.05, 0.1) is 12.2 Å². The van der Waals surface area contributed by atoms with E-state index in [0.29, 0.717) is 10.7 Å². The molecule has 1 amide bonds. The number of hydrogen-bond donors (Lipinski definition) is 1.